The molecule has 2 N–H and O–H groups in total. The van der Waals surface area contributed by atoms with Gasteiger partial charge in [-0.1, -0.05) is 0 Å². The largest absolute Gasteiger partial charge is 0.345 e. The third-order valence-electron chi connectivity index (χ3n) is 2.73. The molecule has 3 aromatic rings. The zero-order valence-electron chi connectivity index (χ0n) is 9.74. The Balaban J connectivity index is 1.95. The molecule has 2 aromatic heterocycles. The molecule has 0 aliphatic rings. The van der Waals surface area contributed by atoms with Gasteiger partial charge in [-0.05, 0) is 52.7 Å². The fourth-order valence-corrected chi connectivity index (χ4v) is 2.27. The van der Waals surface area contributed by atoms with Gasteiger partial charge in [0.05, 0.1) is 17.4 Å². The quantitative estimate of drug-likeness (QED) is 0.757. The van der Waals surface area contributed by atoms with Crippen LogP contribution < -0.4 is 5.32 Å². The van der Waals surface area contributed by atoms with E-state index in [1.807, 2.05) is 31.2 Å². The molecule has 4 nitrogen and oxygen atoms in total. The van der Waals surface area contributed by atoms with Crippen LogP contribution in [0.25, 0.3) is 11.0 Å². The molecule has 3 rings (SSSR count). The number of nitrogens with zero attached hydrogens (tertiary/aromatic N) is 2. The molecular formula is C13H11BrN4. The highest BCUT2D eigenvalue weighted by atomic mass is 79.9. The lowest BCUT2D eigenvalue weighted by molar-refractivity contribution is 1.24. The monoisotopic (exact) mass is 302 g/mol. The van der Waals surface area contributed by atoms with Crippen LogP contribution in [0.5, 0.6) is 0 Å². The molecule has 0 aliphatic heterocycles. The Kier molecular flexibility index (Phi) is 2.76. The smallest absolute Gasteiger partial charge is 0.133 e. The lowest BCUT2D eigenvalue weighted by atomic mass is 10.2. The highest BCUT2D eigenvalue weighted by Gasteiger charge is 2.03. The zero-order valence-corrected chi connectivity index (χ0v) is 11.3. The third-order valence-corrected chi connectivity index (χ3v) is 3.16. The average Bonchev–Trinajstić information content (AvgIpc) is 2.80. The highest BCUT2D eigenvalue weighted by Crippen LogP contribution is 2.23. The average molecular weight is 303 g/mol. The van der Waals surface area contributed by atoms with E-state index in [9.17, 15) is 0 Å². The molecule has 0 bridgehead atoms. The van der Waals surface area contributed by atoms with Crippen molar-refractivity contribution < 1.29 is 0 Å². The molecule has 5 heteroatoms. The van der Waals surface area contributed by atoms with Gasteiger partial charge in [-0.15, -0.1) is 0 Å². The van der Waals surface area contributed by atoms with E-state index in [0.29, 0.717) is 0 Å². The maximum Gasteiger partial charge on any atom is 0.133 e. The number of hydrogen-bond donors (Lipinski definition) is 2. The van der Waals surface area contributed by atoms with Crippen molar-refractivity contribution >= 4 is 38.5 Å². The van der Waals surface area contributed by atoms with Gasteiger partial charge < -0.3 is 10.3 Å². The number of pyridine rings is 1. The number of aromatic nitrogens is 3. The van der Waals surface area contributed by atoms with Gasteiger partial charge in [0.1, 0.15) is 5.82 Å². The van der Waals surface area contributed by atoms with E-state index in [2.05, 4.69) is 36.2 Å². The van der Waals surface area contributed by atoms with Gasteiger partial charge in [-0.3, -0.25) is 0 Å². The topological polar surface area (TPSA) is 53.6 Å². The lowest BCUT2D eigenvalue weighted by Crippen LogP contribution is -1.96. The summed E-state index contributed by atoms with van der Waals surface area (Å²) in [5, 5.41) is 3.30. The summed E-state index contributed by atoms with van der Waals surface area (Å²) < 4.78 is 0.981. The van der Waals surface area contributed by atoms with Crippen LogP contribution in [0.4, 0.5) is 11.5 Å². The molecule has 0 fully saturated rings. The lowest BCUT2D eigenvalue weighted by Gasteiger charge is -2.08. The summed E-state index contributed by atoms with van der Waals surface area (Å²) in [7, 11) is 0. The van der Waals surface area contributed by atoms with Gasteiger partial charge in [-0.2, -0.15) is 0 Å². The van der Waals surface area contributed by atoms with Gasteiger partial charge >= 0.3 is 0 Å². The van der Waals surface area contributed by atoms with Crippen molar-refractivity contribution in [3.8, 4) is 0 Å². The van der Waals surface area contributed by atoms with Crippen molar-refractivity contribution in [2.75, 3.05) is 5.32 Å². The molecule has 0 spiro atoms. The summed E-state index contributed by atoms with van der Waals surface area (Å²) in [5.74, 6) is 0.858. The Labute approximate surface area is 113 Å². The van der Waals surface area contributed by atoms with Crippen molar-refractivity contribution in [2.24, 2.45) is 0 Å². The van der Waals surface area contributed by atoms with Crippen LogP contribution in [0.15, 0.2) is 41.3 Å². The summed E-state index contributed by atoms with van der Waals surface area (Å²) in [6, 6.07) is 8.02. The van der Waals surface area contributed by atoms with Crippen LogP contribution in [0.1, 0.15) is 5.56 Å². The molecular weight excluding hydrogens is 292 g/mol. The standard InChI is InChI=1S/C13H11BrN4/c1-8-4-9(14)6-15-13(8)18-10-2-3-11-12(5-10)17-7-16-11/h2-7H,1H3,(H,15,18)(H,16,17). The van der Waals surface area contributed by atoms with Crippen molar-refractivity contribution in [2.45, 2.75) is 6.92 Å². The Bertz CT molecular complexity index is 705. The van der Waals surface area contributed by atoms with Crippen LogP contribution >= 0.6 is 15.9 Å². The van der Waals surface area contributed by atoms with Gasteiger partial charge in [0.2, 0.25) is 0 Å². The molecule has 0 saturated heterocycles. The van der Waals surface area contributed by atoms with Crippen molar-refractivity contribution in [3.63, 3.8) is 0 Å². The number of H-pyrrole nitrogens is 1. The number of rotatable bonds is 2. The second-order valence-electron chi connectivity index (χ2n) is 4.08. The van der Waals surface area contributed by atoms with Crippen LogP contribution in [-0.2, 0) is 0 Å². The first-order valence-corrected chi connectivity index (χ1v) is 6.34. The maximum atomic E-state index is 4.36. The van der Waals surface area contributed by atoms with E-state index >= 15 is 0 Å². The van der Waals surface area contributed by atoms with Crippen LogP contribution in [0.3, 0.4) is 0 Å². The molecule has 0 unspecified atom stereocenters. The number of hydrogen-bond acceptors (Lipinski definition) is 3. The number of nitrogens with one attached hydrogen (secondary N) is 2. The minimum atomic E-state index is 0.858. The number of aromatic amines is 1. The van der Waals surface area contributed by atoms with Gasteiger partial charge in [-0.25, -0.2) is 9.97 Å². The Morgan fingerprint density at radius 3 is 2.94 bits per heavy atom. The summed E-state index contributed by atoms with van der Waals surface area (Å²) in [5.41, 5.74) is 4.05. The molecule has 0 saturated carbocycles. The Morgan fingerprint density at radius 1 is 1.22 bits per heavy atom. The molecule has 90 valence electrons. The number of fused-ring (bicyclic) bond motifs is 1. The van der Waals surface area contributed by atoms with Crippen molar-refractivity contribution in [1.29, 1.82) is 0 Å². The third kappa shape index (κ3) is 2.09. The summed E-state index contributed by atoms with van der Waals surface area (Å²) in [6.07, 6.45) is 3.47. The minimum absolute atomic E-state index is 0.858. The number of benzene rings is 1. The van der Waals surface area contributed by atoms with E-state index in [1.165, 1.54) is 0 Å². The second-order valence-corrected chi connectivity index (χ2v) is 4.99. The molecule has 0 radical (unpaired) electrons. The van der Waals surface area contributed by atoms with E-state index in [1.54, 1.807) is 12.5 Å². The fourth-order valence-electron chi connectivity index (χ4n) is 1.82. The van der Waals surface area contributed by atoms with Crippen LogP contribution in [-0.4, -0.2) is 15.0 Å². The number of imidazole rings is 1. The summed E-state index contributed by atoms with van der Waals surface area (Å²) in [6.45, 7) is 2.02. The van der Waals surface area contributed by atoms with E-state index < -0.39 is 0 Å². The predicted molar refractivity (Wildman–Crippen MR) is 76.1 cm³/mol. The van der Waals surface area contributed by atoms with Crippen molar-refractivity contribution in [3.05, 3.63) is 46.8 Å². The summed E-state index contributed by atoms with van der Waals surface area (Å²) in [4.78, 5) is 11.6. The van der Waals surface area contributed by atoms with E-state index in [4.69, 9.17) is 0 Å². The SMILES string of the molecule is Cc1cc(Br)cnc1Nc1ccc2nc[nH]c2c1. The molecule has 0 aliphatic carbocycles. The predicted octanol–water partition coefficient (Wildman–Crippen LogP) is 3.77. The molecule has 2 heterocycles. The number of halogens is 1. The molecule has 18 heavy (non-hydrogen) atoms. The first kappa shape index (κ1) is 11.2. The Morgan fingerprint density at radius 2 is 2.11 bits per heavy atom. The maximum absolute atomic E-state index is 4.36. The van der Waals surface area contributed by atoms with Crippen molar-refractivity contribution in [1.82, 2.24) is 15.0 Å². The first-order valence-electron chi connectivity index (χ1n) is 5.55. The second kappa shape index (κ2) is 4.42. The number of anilines is 2. The van der Waals surface area contributed by atoms with E-state index in [-0.39, 0.29) is 0 Å². The van der Waals surface area contributed by atoms with E-state index in [0.717, 1.165) is 32.6 Å². The molecule has 0 atom stereocenters. The highest BCUT2D eigenvalue weighted by molar-refractivity contribution is 9.10. The number of aryl methyl sites for hydroxylation is 1. The van der Waals surface area contributed by atoms with Gasteiger partial charge in [0.25, 0.3) is 0 Å². The molecule has 0 amide bonds. The Hall–Kier alpha value is -1.88. The zero-order chi connectivity index (χ0) is 12.5. The first-order chi connectivity index (χ1) is 8.72. The summed E-state index contributed by atoms with van der Waals surface area (Å²) >= 11 is 3.41. The van der Waals surface area contributed by atoms with Gasteiger partial charge in [0.15, 0.2) is 0 Å². The van der Waals surface area contributed by atoms with Crippen LogP contribution in [0, 0.1) is 6.92 Å². The normalized spacial score (nSPS) is 10.8. The fraction of sp³-hybridized carbons (Fsp3) is 0.0769. The minimum Gasteiger partial charge on any atom is -0.345 e. The van der Waals surface area contributed by atoms with Crippen LogP contribution in [0.2, 0.25) is 0 Å². The molecule has 1 aromatic carbocycles. The van der Waals surface area contributed by atoms with Gasteiger partial charge in [0, 0.05) is 16.4 Å².